The highest BCUT2D eigenvalue weighted by Crippen LogP contribution is 2.19. The van der Waals surface area contributed by atoms with Crippen LogP contribution in [0.25, 0.3) is 6.08 Å². The lowest BCUT2D eigenvalue weighted by Gasteiger charge is -2.09. The van der Waals surface area contributed by atoms with E-state index in [1.54, 1.807) is 37.3 Å². The molecule has 0 saturated heterocycles. The number of rotatable bonds is 8. The van der Waals surface area contributed by atoms with Crippen molar-refractivity contribution in [3.63, 3.8) is 0 Å². The number of hydrogen-bond donors (Lipinski definition) is 0. The average Bonchev–Trinajstić information content (AvgIpc) is 2.71. The van der Waals surface area contributed by atoms with E-state index in [0.29, 0.717) is 17.2 Å². The summed E-state index contributed by atoms with van der Waals surface area (Å²) in [4.78, 5) is 23.8. The molecule has 150 valence electrons. The summed E-state index contributed by atoms with van der Waals surface area (Å²) in [6, 6.07) is 15.8. The first-order chi connectivity index (χ1) is 13.9. The van der Waals surface area contributed by atoms with E-state index in [4.69, 9.17) is 19.5 Å². The van der Waals surface area contributed by atoms with Gasteiger partial charge in [0.15, 0.2) is 6.61 Å². The molecule has 6 heteroatoms. The average molecular weight is 393 g/mol. The molecular weight excluding hydrogens is 370 g/mol. The quantitative estimate of drug-likeness (QED) is 0.288. The standard InChI is InChI=1S/C23H23NO5/c1-4-27-23(26)19(14-24)12-17-6-5-7-21(13-17)29-22(25)15-28-20-10-8-18(9-11-20)16(2)3/h5-13,16H,4,15H2,1-3H3/b19-12+. The second-order valence-electron chi connectivity index (χ2n) is 6.45. The Kier molecular flexibility index (Phi) is 7.99. The lowest BCUT2D eigenvalue weighted by atomic mass is 10.0. The van der Waals surface area contributed by atoms with E-state index in [0.717, 1.165) is 0 Å². The van der Waals surface area contributed by atoms with Crippen molar-refractivity contribution in [3.05, 3.63) is 65.2 Å². The zero-order valence-corrected chi connectivity index (χ0v) is 16.7. The van der Waals surface area contributed by atoms with Crippen molar-refractivity contribution < 1.29 is 23.8 Å². The smallest absolute Gasteiger partial charge is 0.349 e. The summed E-state index contributed by atoms with van der Waals surface area (Å²) in [5, 5.41) is 9.10. The van der Waals surface area contributed by atoms with Crippen LogP contribution in [0.15, 0.2) is 54.1 Å². The first-order valence-corrected chi connectivity index (χ1v) is 9.25. The highest BCUT2D eigenvalue weighted by molar-refractivity contribution is 5.97. The third-order valence-electron chi connectivity index (χ3n) is 3.92. The molecule has 2 aromatic rings. The number of benzene rings is 2. The summed E-state index contributed by atoms with van der Waals surface area (Å²) in [6.07, 6.45) is 1.38. The molecule has 0 saturated carbocycles. The van der Waals surface area contributed by atoms with Crippen LogP contribution in [0.1, 0.15) is 37.8 Å². The van der Waals surface area contributed by atoms with Crippen LogP contribution in [-0.4, -0.2) is 25.2 Å². The van der Waals surface area contributed by atoms with Crippen molar-refractivity contribution in [3.8, 4) is 17.6 Å². The monoisotopic (exact) mass is 393 g/mol. The molecule has 0 bridgehead atoms. The summed E-state index contributed by atoms with van der Waals surface area (Å²) >= 11 is 0. The molecule has 0 fully saturated rings. The first kappa shape index (κ1) is 21.7. The molecule has 2 rings (SSSR count). The van der Waals surface area contributed by atoms with Gasteiger partial charge in [0.05, 0.1) is 6.61 Å². The summed E-state index contributed by atoms with van der Waals surface area (Å²) in [5.74, 6) is 0.0137. The highest BCUT2D eigenvalue weighted by atomic mass is 16.6. The highest BCUT2D eigenvalue weighted by Gasteiger charge is 2.11. The van der Waals surface area contributed by atoms with Crippen LogP contribution in [0.5, 0.6) is 11.5 Å². The number of hydrogen-bond acceptors (Lipinski definition) is 6. The van der Waals surface area contributed by atoms with Crippen LogP contribution >= 0.6 is 0 Å². The predicted octanol–water partition coefficient (Wildman–Crippen LogP) is 4.26. The fraction of sp³-hybridized carbons (Fsp3) is 0.261. The molecular formula is C23H23NO5. The molecule has 2 aromatic carbocycles. The van der Waals surface area contributed by atoms with E-state index >= 15 is 0 Å². The van der Waals surface area contributed by atoms with Crippen LogP contribution in [0, 0.1) is 11.3 Å². The molecule has 0 amide bonds. The van der Waals surface area contributed by atoms with Crippen molar-refractivity contribution in [1.29, 1.82) is 5.26 Å². The topological polar surface area (TPSA) is 85.6 Å². The minimum atomic E-state index is -0.700. The normalized spacial score (nSPS) is 10.9. The Balaban J connectivity index is 1.98. The van der Waals surface area contributed by atoms with Crippen LogP contribution in [0.3, 0.4) is 0 Å². The van der Waals surface area contributed by atoms with Gasteiger partial charge in [0.25, 0.3) is 0 Å². The van der Waals surface area contributed by atoms with Gasteiger partial charge in [-0.15, -0.1) is 0 Å². The molecule has 0 N–H and O–H groups in total. The van der Waals surface area contributed by atoms with Gasteiger partial charge in [0.2, 0.25) is 0 Å². The molecule has 0 unspecified atom stereocenters. The van der Waals surface area contributed by atoms with E-state index in [1.807, 2.05) is 24.3 Å². The molecule has 6 nitrogen and oxygen atoms in total. The maximum Gasteiger partial charge on any atom is 0.349 e. The summed E-state index contributed by atoms with van der Waals surface area (Å²) in [6.45, 7) is 5.79. The third kappa shape index (κ3) is 6.82. The predicted molar refractivity (Wildman–Crippen MR) is 108 cm³/mol. The van der Waals surface area contributed by atoms with E-state index < -0.39 is 11.9 Å². The fourth-order valence-corrected chi connectivity index (χ4v) is 2.43. The molecule has 0 heterocycles. The Bertz CT molecular complexity index is 923. The number of nitriles is 1. The van der Waals surface area contributed by atoms with Crippen molar-refractivity contribution in [1.82, 2.24) is 0 Å². The Labute approximate surface area is 170 Å². The van der Waals surface area contributed by atoms with Gasteiger partial charge in [-0.1, -0.05) is 38.1 Å². The van der Waals surface area contributed by atoms with Gasteiger partial charge in [-0.3, -0.25) is 0 Å². The zero-order valence-electron chi connectivity index (χ0n) is 16.7. The van der Waals surface area contributed by atoms with Crippen molar-refractivity contribution in [2.45, 2.75) is 26.7 Å². The second kappa shape index (κ2) is 10.7. The summed E-state index contributed by atoms with van der Waals surface area (Å²) in [7, 11) is 0. The Morgan fingerprint density at radius 1 is 1.10 bits per heavy atom. The van der Waals surface area contributed by atoms with Crippen molar-refractivity contribution >= 4 is 18.0 Å². The van der Waals surface area contributed by atoms with Gasteiger partial charge >= 0.3 is 11.9 Å². The number of nitrogens with zero attached hydrogens (tertiary/aromatic N) is 1. The Morgan fingerprint density at radius 3 is 2.45 bits per heavy atom. The van der Waals surface area contributed by atoms with Gasteiger partial charge < -0.3 is 14.2 Å². The minimum Gasteiger partial charge on any atom is -0.482 e. The molecule has 0 radical (unpaired) electrons. The lowest BCUT2D eigenvalue weighted by molar-refractivity contribution is -0.138. The SMILES string of the molecule is CCOC(=O)/C(C#N)=C/c1cccc(OC(=O)COc2ccc(C(C)C)cc2)c1. The fourth-order valence-electron chi connectivity index (χ4n) is 2.43. The number of ether oxygens (including phenoxy) is 3. The number of esters is 2. The first-order valence-electron chi connectivity index (χ1n) is 9.25. The Morgan fingerprint density at radius 2 is 1.83 bits per heavy atom. The van der Waals surface area contributed by atoms with E-state index in [-0.39, 0.29) is 24.5 Å². The molecule has 0 atom stereocenters. The van der Waals surface area contributed by atoms with Crippen molar-refractivity contribution in [2.75, 3.05) is 13.2 Å². The van der Waals surface area contributed by atoms with Gasteiger partial charge in [-0.25, -0.2) is 9.59 Å². The zero-order chi connectivity index (χ0) is 21.2. The van der Waals surface area contributed by atoms with Gasteiger partial charge in [-0.05, 0) is 54.3 Å². The Hall–Kier alpha value is -3.59. The van der Waals surface area contributed by atoms with Gasteiger partial charge in [-0.2, -0.15) is 5.26 Å². The molecule has 29 heavy (non-hydrogen) atoms. The number of carbonyl (C=O) groups excluding carboxylic acids is 2. The van der Waals surface area contributed by atoms with E-state index in [1.165, 1.54) is 11.6 Å². The molecule has 0 spiro atoms. The van der Waals surface area contributed by atoms with Crippen molar-refractivity contribution in [2.24, 2.45) is 0 Å². The largest absolute Gasteiger partial charge is 0.482 e. The molecule has 0 aromatic heterocycles. The number of carbonyl (C=O) groups is 2. The minimum absolute atomic E-state index is 0.136. The van der Waals surface area contributed by atoms with Gasteiger partial charge in [0.1, 0.15) is 23.1 Å². The van der Waals surface area contributed by atoms with Gasteiger partial charge in [0, 0.05) is 0 Å². The lowest BCUT2D eigenvalue weighted by Crippen LogP contribution is -2.17. The van der Waals surface area contributed by atoms with Crippen LogP contribution < -0.4 is 9.47 Å². The van der Waals surface area contributed by atoms with Crippen LogP contribution in [0.4, 0.5) is 0 Å². The second-order valence-corrected chi connectivity index (χ2v) is 6.45. The molecule has 0 aliphatic carbocycles. The molecule has 0 aliphatic heterocycles. The maximum atomic E-state index is 12.1. The van der Waals surface area contributed by atoms with E-state index in [9.17, 15) is 9.59 Å². The third-order valence-corrected chi connectivity index (χ3v) is 3.92. The maximum absolute atomic E-state index is 12.1. The van der Waals surface area contributed by atoms with Crippen LogP contribution in [0.2, 0.25) is 0 Å². The molecule has 0 aliphatic rings. The van der Waals surface area contributed by atoms with E-state index in [2.05, 4.69) is 13.8 Å². The summed E-state index contributed by atoms with van der Waals surface area (Å²) in [5.41, 5.74) is 1.58. The summed E-state index contributed by atoms with van der Waals surface area (Å²) < 4.78 is 15.5. The van der Waals surface area contributed by atoms with Crippen LogP contribution in [-0.2, 0) is 14.3 Å².